The van der Waals surface area contributed by atoms with E-state index in [0.29, 0.717) is 16.6 Å². The summed E-state index contributed by atoms with van der Waals surface area (Å²) in [6.45, 7) is 8.37. The van der Waals surface area contributed by atoms with Crippen molar-refractivity contribution in [2.75, 3.05) is 4.90 Å². The van der Waals surface area contributed by atoms with E-state index in [4.69, 9.17) is 4.98 Å². The lowest BCUT2D eigenvalue weighted by Crippen LogP contribution is -2.30. The molecule has 4 aromatic rings. The standard InChI is InChI=1S/C21H20N4OS2/c1-12-8-13(2)18-17(9-12)24-21(28-18)25(11-16-6-5-7-22-10-16)20(26)19-14(3)23-15(4)27-19/h5-10H,11H2,1-4H3. The average molecular weight is 409 g/mol. The molecule has 4 rings (SSSR count). The van der Waals surface area contributed by atoms with Crippen molar-refractivity contribution >= 4 is 43.9 Å². The van der Waals surface area contributed by atoms with Gasteiger partial charge in [0.1, 0.15) is 4.88 Å². The molecule has 1 aromatic carbocycles. The van der Waals surface area contributed by atoms with E-state index in [2.05, 4.69) is 35.9 Å². The molecule has 0 atom stereocenters. The maximum atomic E-state index is 13.5. The van der Waals surface area contributed by atoms with Crippen molar-refractivity contribution in [2.45, 2.75) is 34.2 Å². The van der Waals surface area contributed by atoms with Crippen LogP contribution < -0.4 is 4.90 Å². The first-order valence-corrected chi connectivity index (χ1v) is 10.6. The SMILES string of the molecule is Cc1cc(C)c2sc(N(Cc3cccnc3)C(=O)c3sc(C)nc3C)nc2c1. The number of thiazole rings is 2. The highest BCUT2D eigenvalue weighted by Gasteiger charge is 2.25. The number of hydrogen-bond donors (Lipinski definition) is 0. The molecule has 7 heteroatoms. The van der Waals surface area contributed by atoms with E-state index < -0.39 is 0 Å². The van der Waals surface area contributed by atoms with Crippen LogP contribution in [0.25, 0.3) is 10.2 Å². The Hall–Kier alpha value is -2.64. The molecule has 0 aliphatic rings. The van der Waals surface area contributed by atoms with Crippen molar-refractivity contribution in [1.29, 1.82) is 0 Å². The Kier molecular flexibility index (Phi) is 4.95. The van der Waals surface area contributed by atoms with E-state index in [1.165, 1.54) is 22.5 Å². The summed E-state index contributed by atoms with van der Waals surface area (Å²) < 4.78 is 1.11. The molecule has 0 fully saturated rings. The number of hydrogen-bond acceptors (Lipinski definition) is 6. The summed E-state index contributed by atoms with van der Waals surface area (Å²) >= 11 is 2.98. The summed E-state index contributed by atoms with van der Waals surface area (Å²) in [7, 11) is 0. The van der Waals surface area contributed by atoms with Crippen molar-refractivity contribution in [3.63, 3.8) is 0 Å². The molecule has 3 heterocycles. The molecule has 0 bridgehead atoms. The molecule has 142 valence electrons. The predicted octanol–water partition coefficient (Wildman–Crippen LogP) is 5.23. The number of nitrogens with zero attached hydrogens (tertiary/aromatic N) is 4. The number of rotatable bonds is 4. The van der Waals surface area contributed by atoms with Crippen molar-refractivity contribution in [3.05, 3.63) is 68.9 Å². The smallest absolute Gasteiger partial charge is 0.272 e. The first kappa shape index (κ1) is 18.7. The van der Waals surface area contributed by atoms with Crippen LogP contribution in [-0.2, 0) is 6.54 Å². The van der Waals surface area contributed by atoms with Crippen LogP contribution in [0.4, 0.5) is 5.13 Å². The molecule has 0 saturated carbocycles. The van der Waals surface area contributed by atoms with E-state index in [1.54, 1.807) is 28.6 Å². The van der Waals surface area contributed by atoms with Gasteiger partial charge in [-0.2, -0.15) is 0 Å². The Morgan fingerprint density at radius 1 is 1.11 bits per heavy atom. The van der Waals surface area contributed by atoms with Crippen LogP contribution in [-0.4, -0.2) is 20.9 Å². The number of fused-ring (bicyclic) bond motifs is 1. The van der Waals surface area contributed by atoms with Gasteiger partial charge in [-0.05, 0) is 56.5 Å². The summed E-state index contributed by atoms with van der Waals surface area (Å²) in [5.74, 6) is -0.0691. The van der Waals surface area contributed by atoms with Crippen LogP contribution >= 0.6 is 22.7 Å². The molecule has 0 radical (unpaired) electrons. The zero-order chi connectivity index (χ0) is 19.8. The number of aromatic nitrogens is 3. The molecular formula is C21H20N4OS2. The van der Waals surface area contributed by atoms with Crippen molar-refractivity contribution in [3.8, 4) is 0 Å². The monoisotopic (exact) mass is 408 g/mol. The largest absolute Gasteiger partial charge is 0.279 e. The fraction of sp³-hybridized carbons (Fsp3) is 0.238. The topological polar surface area (TPSA) is 59.0 Å². The summed E-state index contributed by atoms with van der Waals surface area (Å²) in [6, 6.07) is 8.07. The molecular weight excluding hydrogens is 388 g/mol. The maximum absolute atomic E-state index is 13.5. The van der Waals surface area contributed by atoms with E-state index in [1.807, 2.05) is 26.0 Å². The molecule has 5 nitrogen and oxygen atoms in total. The van der Waals surface area contributed by atoms with Crippen molar-refractivity contribution in [1.82, 2.24) is 15.0 Å². The highest BCUT2D eigenvalue weighted by molar-refractivity contribution is 7.22. The Bertz CT molecular complexity index is 1160. The summed E-state index contributed by atoms with van der Waals surface area (Å²) in [5, 5.41) is 1.58. The molecule has 3 aromatic heterocycles. The minimum absolute atomic E-state index is 0.0691. The van der Waals surface area contributed by atoms with Crippen LogP contribution in [0.5, 0.6) is 0 Å². The van der Waals surface area contributed by atoms with Gasteiger partial charge in [0.2, 0.25) is 0 Å². The number of anilines is 1. The second kappa shape index (κ2) is 7.41. The van der Waals surface area contributed by atoms with Crippen LogP contribution in [0, 0.1) is 27.7 Å². The number of amides is 1. The van der Waals surface area contributed by atoms with Gasteiger partial charge in [-0.1, -0.05) is 23.5 Å². The van der Waals surface area contributed by atoms with Crippen LogP contribution in [0.2, 0.25) is 0 Å². The zero-order valence-corrected chi connectivity index (χ0v) is 17.8. The Balaban J connectivity index is 1.82. The van der Waals surface area contributed by atoms with Gasteiger partial charge in [0.05, 0.1) is 27.5 Å². The van der Waals surface area contributed by atoms with E-state index >= 15 is 0 Å². The van der Waals surface area contributed by atoms with Gasteiger partial charge in [-0.25, -0.2) is 9.97 Å². The molecule has 0 aliphatic heterocycles. The van der Waals surface area contributed by atoms with Gasteiger partial charge in [0.25, 0.3) is 5.91 Å². The third-order valence-corrected chi connectivity index (χ3v) is 6.74. The van der Waals surface area contributed by atoms with Gasteiger partial charge in [0, 0.05) is 12.4 Å². The van der Waals surface area contributed by atoms with Crippen LogP contribution in [0.1, 0.15) is 37.1 Å². The number of benzene rings is 1. The van der Waals surface area contributed by atoms with Gasteiger partial charge < -0.3 is 0 Å². The van der Waals surface area contributed by atoms with Crippen LogP contribution in [0.15, 0.2) is 36.7 Å². The summed E-state index contributed by atoms with van der Waals surface area (Å²) in [5.41, 5.74) is 5.00. The first-order valence-electron chi connectivity index (χ1n) is 8.95. The Morgan fingerprint density at radius 2 is 1.93 bits per heavy atom. The molecule has 28 heavy (non-hydrogen) atoms. The minimum atomic E-state index is -0.0691. The Labute approximate surface area is 171 Å². The second-order valence-corrected chi connectivity index (χ2v) is 9.01. The fourth-order valence-corrected chi connectivity index (χ4v) is 5.12. The zero-order valence-electron chi connectivity index (χ0n) is 16.2. The molecule has 0 saturated heterocycles. The fourth-order valence-electron chi connectivity index (χ4n) is 3.23. The van der Waals surface area contributed by atoms with E-state index in [9.17, 15) is 4.79 Å². The normalized spacial score (nSPS) is 11.1. The molecule has 0 unspecified atom stereocenters. The van der Waals surface area contributed by atoms with Gasteiger partial charge >= 0.3 is 0 Å². The third-order valence-electron chi connectivity index (χ3n) is 4.45. The van der Waals surface area contributed by atoms with E-state index in [-0.39, 0.29) is 5.91 Å². The average Bonchev–Trinajstić information content (AvgIpc) is 3.22. The van der Waals surface area contributed by atoms with Crippen molar-refractivity contribution < 1.29 is 4.79 Å². The third kappa shape index (κ3) is 3.55. The lowest BCUT2D eigenvalue weighted by Gasteiger charge is -2.19. The van der Waals surface area contributed by atoms with Gasteiger partial charge in [-0.15, -0.1) is 11.3 Å². The van der Waals surface area contributed by atoms with Gasteiger partial charge in [-0.3, -0.25) is 14.7 Å². The first-order chi connectivity index (χ1) is 13.4. The molecule has 0 N–H and O–H groups in total. The maximum Gasteiger partial charge on any atom is 0.272 e. The van der Waals surface area contributed by atoms with Crippen LogP contribution in [0.3, 0.4) is 0 Å². The second-order valence-electron chi connectivity index (χ2n) is 6.83. The number of aryl methyl sites for hydroxylation is 4. The lowest BCUT2D eigenvalue weighted by molar-refractivity contribution is 0.0988. The Morgan fingerprint density at radius 3 is 2.61 bits per heavy atom. The number of carbonyl (C=O) groups is 1. The van der Waals surface area contributed by atoms with E-state index in [0.717, 1.165) is 26.5 Å². The summed E-state index contributed by atoms with van der Waals surface area (Å²) in [6.07, 6.45) is 3.52. The molecule has 0 spiro atoms. The number of pyridine rings is 1. The summed E-state index contributed by atoms with van der Waals surface area (Å²) in [4.78, 5) is 29.3. The van der Waals surface area contributed by atoms with Gasteiger partial charge in [0.15, 0.2) is 5.13 Å². The lowest BCUT2D eigenvalue weighted by atomic mass is 10.1. The number of carbonyl (C=O) groups excluding carboxylic acids is 1. The predicted molar refractivity (Wildman–Crippen MR) is 115 cm³/mol. The quantitative estimate of drug-likeness (QED) is 0.464. The minimum Gasteiger partial charge on any atom is -0.279 e. The molecule has 0 aliphatic carbocycles. The highest BCUT2D eigenvalue weighted by Crippen LogP contribution is 2.34. The highest BCUT2D eigenvalue weighted by atomic mass is 32.1. The molecule has 1 amide bonds. The van der Waals surface area contributed by atoms with Crippen molar-refractivity contribution in [2.24, 2.45) is 0 Å².